The number of rotatable bonds is 9. The Morgan fingerprint density at radius 3 is 2.19 bits per heavy atom. The maximum atomic E-state index is 13.4. The van der Waals surface area contributed by atoms with Crippen molar-refractivity contribution in [2.24, 2.45) is 0 Å². The molecule has 0 atom stereocenters. The molecule has 0 unspecified atom stereocenters. The Bertz CT molecular complexity index is 1720. The van der Waals surface area contributed by atoms with E-state index >= 15 is 0 Å². The highest BCUT2D eigenvalue weighted by Crippen LogP contribution is 2.35. The summed E-state index contributed by atoms with van der Waals surface area (Å²) in [6, 6.07) is 11.8. The van der Waals surface area contributed by atoms with Crippen LogP contribution in [-0.2, 0) is 21.5 Å². The van der Waals surface area contributed by atoms with E-state index in [1.807, 2.05) is 33.8 Å². The molecule has 256 valence electrons. The summed E-state index contributed by atoms with van der Waals surface area (Å²) < 4.78 is 48.2. The number of aromatic nitrogens is 1. The van der Waals surface area contributed by atoms with E-state index in [1.165, 1.54) is 13.3 Å². The SMILES string of the molecule is CCOc1cc2c(cc1C(=O)NC)C(=N)N(CC(=O)c1ccc(Oc3ccc(C(=O)OC)cn3)c(C(C)(C)C)c1)C2.O=C(O)C(F)(F)F. The maximum absolute atomic E-state index is 13.4. The molecule has 2 heterocycles. The van der Waals surface area contributed by atoms with Crippen molar-refractivity contribution in [1.29, 1.82) is 5.41 Å². The molecule has 0 radical (unpaired) electrons. The monoisotopic (exact) mass is 672 g/mol. The molecule has 0 fully saturated rings. The molecule has 0 aliphatic carbocycles. The molecule has 15 heteroatoms. The highest BCUT2D eigenvalue weighted by atomic mass is 19.4. The van der Waals surface area contributed by atoms with Crippen LogP contribution in [0.25, 0.3) is 0 Å². The number of methoxy groups -OCH3 is 1. The Morgan fingerprint density at radius 1 is 1.02 bits per heavy atom. The van der Waals surface area contributed by atoms with Crippen molar-refractivity contribution in [1.82, 2.24) is 15.2 Å². The summed E-state index contributed by atoms with van der Waals surface area (Å²) in [4.78, 5) is 52.3. The van der Waals surface area contributed by atoms with Crippen molar-refractivity contribution in [3.63, 3.8) is 0 Å². The first-order chi connectivity index (χ1) is 22.4. The van der Waals surface area contributed by atoms with Gasteiger partial charge < -0.3 is 29.5 Å². The first kappa shape index (κ1) is 37.0. The van der Waals surface area contributed by atoms with Gasteiger partial charge in [0.15, 0.2) is 5.78 Å². The van der Waals surface area contributed by atoms with Gasteiger partial charge in [0.25, 0.3) is 5.91 Å². The van der Waals surface area contributed by atoms with Gasteiger partial charge in [0.05, 0.1) is 31.4 Å². The van der Waals surface area contributed by atoms with Crippen LogP contribution in [0.4, 0.5) is 13.2 Å². The van der Waals surface area contributed by atoms with Crippen molar-refractivity contribution < 1.29 is 51.7 Å². The molecular formula is C33H35F3N4O8. The molecule has 1 amide bonds. The number of hydrogen-bond donors (Lipinski definition) is 3. The molecule has 1 aromatic heterocycles. The number of ketones is 1. The van der Waals surface area contributed by atoms with Gasteiger partial charge in [-0.05, 0) is 54.3 Å². The van der Waals surface area contributed by atoms with E-state index in [0.29, 0.717) is 52.8 Å². The molecule has 0 saturated heterocycles. The second-order valence-electron chi connectivity index (χ2n) is 11.4. The highest BCUT2D eigenvalue weighted by molar-refractivity contribution is 6.07. The average Bonchev–Trinajstić information content (AvgIpc) is 3.33. The van der Waals surface area contributed by atoms with Gasteiger partial charge in [-0.1, -0.05) is 20.8 Å². The van der Waals surface area contributed by atoms with E-state index < -0.39 is 18.1 Å². The number of carboxylic acid groups (broad SMARTS) is 1. The second kappa shape index (κ2) is 15.0. The first-order valence-corrected chi connectivity index (χ1v) is 14.5. The van der Waals surface area contributed by atoms with Crippen LogP contribution in [0.15, 0.2) is 48.7 Å². The zero-order chi connectivity index (χ0) is 36.0. The third-order valence-electron chi connectivity index (χ3n) is 6.97. The zero-order valence-corrected chi connectivity index (χ0v) is 27.1. The summed E-state index contributed by atoms with van der Waals surface area (Å²) in [5.74, 6) is -2.23. The van der Waals surface area contributed by atoms with Gasteiger partial charge in [-0.2, -0.15) is 13.2 Å². The number of carbonyl (C=O) groups is 4. The fourth-order valence-corrected chi connectivity index (χ4v) is 4.59. The Labute approximate surface area is 274 Å². The molecule has 2 aromatic carbocycles. The van der Waals surface area contributed by atoms with E-state index in [1.54, 1.807) is 48.3 Å². The van der Waals surface area contributed by atoms with Crippen LogP contribution in [0, 0.1) is 5.41 Å². The predicted octanol–water partition coefficient (Wildman–Crippen LogP) is 5.37. The molecule has 12 nitrogen and oxygen atoms in total. The minimum absolute atomic E-state index is 0.00682. The fraction of sp³-hybridized carbons (Fsp3) is 0.333. The van der Waals surface area contributed by atoms with Gasteiger partial charge in [0.2, 0.25) is 5.88 Å². The molecule has 0 spiro atoms. The Hall–Kier alpha value is -5.47. The number of carbonyl (C=O) groups excluding carboxylic acids is 3. The number of alkyl halides is 3. The van der Waals surface area contributed by atoms with Crippen molar-refractivity contribution >= 4 is 29.5 Å². The smallest absolute Gasteiger partial charge is 0.490 e. The number of pyridine rings is 1. The number of halogens is 3. The quantitative estimate of drug-likeness (QED) is 0.198. The maximum Gasteiger partial charge on any atom is 0.490 e. The third-order valence-corrected chi connectivity index (χ3v) is 6.97. The lowest BCUT2D eigenvalue weighted by atomic mass is 9.85. The lowest BCUT2D eigenvalue weighted by Gasteiger charge is -2.24. The molecule has 0 saturated carbocycles. The Kier molecular flexibility index (Phi) is 11.5. The van der Waals surface area contributed by atoms with Crippen LogP contribution in [-0.4, -0.2) is 77.9 Å². The van der Waals surface area contributed by atoms with Gasteiger partial charge in [0.1, 0.15) is 17.3 Å². The van der Waals surface area contributed by atoms with Crippen LogP contribution >= 0.6 is 0 Å². The van der Waals surface area contributed by atoms with Crippen LogP contribution < -0.4 is 14.8 Å². The number of esters is 1. The van der Waals surface area contributed by atoms with E-state index in [2.05, 4.69) is 10.3 Å². The number of nitrogens with zero attached hydrogens (tertiary/aromatic N) is 2. The van der Waals surface area contributed by atoms with Crippen LogP contribution in [0.2, 0.25) is 0 Å². The number of carboxylic acids is 1. The summed E-state index contributed by atoms with van der Waals surface area (Å²) in [7, 11) is 2.85. The number of amides is 1. The average molecular weight is 673 g/mol. The summed E-state index contributed by atoms with van der Waals surface area (Å²) in [5, 5.41) is 18.4. The molecule has 3 aromatic rings. The molecule has 3 N–H and O–H groups in total. The summed E-state index contributed by atoms with van der Waals surface area (Å²) >= 11 is 0. The predicted molar refractivity (Wildman–Crippen MR) is 167 cm³/mol. The van der Waals surface area contributed by atoms with Gasteiger partial charge >= 0.3 is 18.1 Å². The van der Waals surface area contributed by atoms with E-state index in [-0.39, 0.29) is 29.5 Å². The lowest BCUT2D eigenvalue weighted by molar-refractivity contribution is -0.192. The number of nitrogens with one attached hydrogen (secondary N) is 2. The van der Waals surface area contributed by atoms with Crippen molar-refractivity contribution in [2.75, 3.05) is 27.3 Å². The number of benzene rings is 2. The molecule has 48 heavy (non-hydrogen) atoms. The van der Waals surface area contributed by atoms with Crippen molar-refractivity contribution in [3.05, 3.63) is 82.0 Å². The minimum Gasteiger partial charge on any atom is -0.493 e. The molecule has 1 aliphatic rings. The van der Waals surface area contributed by atoms with Crippen LogP contribution in [0.3, 0.4) is 0 Å². The number of Topliss-reactive ketones (excluding diaryl/α,β-unsaturated/α-hetero) is 1. The Morgan fingerprint density at radius 2 is 1.67 bits per heavy atom. The lowest BCUT2D eigenvalue weighted by Crippen LogP contribution is -2.30. The number of aliphatic carboxylic acids is 1. The number of amidine groups is 1. The van der Waals surface area contributed by atoms with E-state index in [4.69, 9.17) is 29.5 Å². The molecule has 1 aliphatic heterocycles. The highest BCUT2D eigenvalue weighted by Gasteiger charge is 2.38. The topological polar surface area (TPSA) is 168 Å². The molecular weight excluding hydrogens is 637 g/mol. The number of fused-ring (bicyclic) bond motifs is 1. The van der Waals surface area contributed by atoms with E-state index in [9.17, 15) is 27.6 Å². The number of ether oxygens (including phenoxy) is 3. The van der Waals surface area contributed by atoms with Crippen LogP contribution in [0.5, 0.6) is 17.4 Å². The minimum atomic E-state index is -5.08. The van der Waals surface area contributed by atoms with Crippen molar-refractivity contribution in [3.8, 4) is 17.4 Å². The first-order valence-electron chi connectivity index (χ1n) is 14.5. The second-order valence-corrected chi connectivity index (χ2v) is 11.4. The summed E-state index contributed by atoms with van der Waals surface area (Å²) in [6.07, 6.45) is -3.70. The molecule has 0 bridgehead atoms. The van der Waals surface area contributed by atoms with Gasteiger partial charge in [0, 0.05) is 42.5 Å². The van der Waals surface area contributed by atoms with Gasteiger partial charge in [-0.25, -0.2) is 14.6 Å². The van der Waals surface area contributed by atoms with Gasteiger partial charge in [-0.15, -0.1) is 0 Å². The normalized spacial score (nSPS) is 12.4. The van der Waals surface area contributed by atoms with E-state index in [0.717, 1.165) is 11.1 Å². The zero-order valence-electron chi connectivity index (χ0n) is 27.1. The van der Waals surface area contributed by atoms with Crippen LogP contribution in [0.1, 0.15) is 75.5 Å². The summed E-state index contributed by atoms with van der Waals surface area (Å²) in [5.41, 5.74) is 3.02. The largest absolute Gasteiger partial charge is 0.493 e. The van der Waals surface area contributed by atoms with Gasteiger partial charge in [-0.3, -0.25) is 15.0 Å². The summed E-state index contributed by atoms with van der Waals surface area (Å²) in [6.45, 7) is 8.64. The molecule has 4 rings (SSSR count). The third kappa shape index (κ3) is 8.86. The standard InChI is InChI=1S/C31H34N4O6.C2HF3O2/c1-7-40-26-13-20-16-35(28(32)21(20)14-22(26)29(37)33-5)17-24(36)18-8-10-25(23(12-18)31(2,3)4)41-27-11-9-19(15-34-27)30(38)39-6;3-2(4,5)1(6)7/h8-15,32H,7,16-17H2,1-6H3,(H,33,37);(H,6,7). The fourth-order valence-electron chi connectivity index (χ4n) is 4.59. The Balaban J connectivity index is 0.000000804. The van der Waals surface area contributed by atoms with Crippen molar-refractivity contribution in [2.45, 2.75) is 45.8 Å². The number of hydrogen-bond acceptors (Lipinski definition) is 9.